The van der Waals surface area contributed by atoms with Crippen LogP contribution in [0.15, 0.2) is 0 Å². The van der Waals surface area contributed by atoms with Crippen LogP contribution in [0.25, 0.3) is 0 Å². The van der Waals surface area contributed by atoms with Crippen LogP contribution in [0.4, 0.5) is 0 Å². The molecule has 5 nitrogen and oxygen atoms in total. The average molecular weight is 340 g/mol. The lowest BCUT2D eigenvalue weighted by Crippen LogP contribution is -2.45. The molecule has 0 radical (unpaired) electrons. The summed E-state index contributed by atoms with van der Waals surface area (Å²) in [6.45, 7) is 15.8. The SMILES string of the molecule is C[C@H]1CN(CCN2CCC(CCCN3CCOCC3)CC2)CCO1. The molecule has 0 amide bonds. The molecule has 0 saturated carbocycles. The van der Waals surface area contributed by atoms with Crippen molar-refractivity contribution >= 4 is 0 Å². The number of ether oxygens (including phenoxy) is 2. The van der Waals surface area contributed by atoms with Crippen molar-refractivity contribution in [2.75, 3.05) is 78.7 Å². The van der Waals surface area contributed by atoms with Crippen molar-refractivity contribution in [2.24, 2.45) is 5.92 Å². The normalized spacial score (nSPS) is 29.1. The first-order valence-electron chi connectivity index (χ1n) is 10.2. The van der Waals surface area contributed by atoms with Crippen LogP contribution < -0.4 is 0 Å². The van der Waals surface area contributed by atoms with E-state index in [9.17, 15) is 0 Å². The fourth-order valence-electron chi connectivity index (χ4n) is 4.30. The number of hydrogen-bond donors (Lipinski definition) is 0. The van der Waals surface area contributed by atoms with Crippen molar-refractivity contribution in [3.63, 3.8) is 0 Å². The van der Waals surface area contributed by atoms with E-state index in [0.29, 0.717) is 6.10 Å². The van der Waals surface area contributed by atoms with Crippen molar-refractivity contribution in [3.8, 4) is 0 Å². The second kappa shape index (κ2) is 10.1. The fraction of sp³-hybridized carbons (Fsp3) is 1.00. The summed E-state index contributed by atoms with van der Waals surface area (Å²) in [5.74, 6) is 0.964. The number of morpholine rings is 2. The molecule has 0 spiro atoms. The van der Waals surface area contributed by atoms with Gasteiger partial charge >= 0.3 is 0 Å². The van der Waals surface area contributed by atoms with Crippen molar-refractivity contribution in [1.29, 1.82) is 0 Å². The van der Waals surface area contributed by atoms with Crippen LogP contribution in [-0.2, 0) is 9.47 Å². The van der Waals surface area contributed by atoms with Gasteiger partial charge < -0.3 is 14.4 Å². The summed E-state index contributed by atoms with van der Waals surface area (Å²) in [5, 5.41) is 0. The number of piperidine rings is 1. The molecule has 3 aliphatic heterocycles. The molecule has 5 heteroatoms. The van der Waals surface area contributed by atoms with Crippen molar-refractivity contribution in [3.05, 3.63) is 0 Å². The van der Waals surface area contributed by atoms with Gasteiger partial charge in [0.25, 0.3) is 0 Å². The van der Waals surface area contributed by atoms with E-state index in [0.717, 1.165) is 51.9 Å². The molecular weight excluding hydrogens is 302 g/mol. The van der Waals surface area contributed by atoms with Crippen molar-refractivity contribution < 1.29 is 9.47 Å². The van der Waals surface area contributed by atoms with Crippen LogP contribution in [-0.4, -0.2) is 99.5 Å². The highest BCUT2D eigenvalue weighted by Crippen LogP contribution is 2.22. The van der Waals surface area contributed by atoms with Crippen LogP contribution in [0, 0.1) is 5.92 Å². The van der Waals surface area contributed by atoms with Crippen molar-refractivity contribution in [2.45, 2.75) is 38.7 Å². The van der Waals surface area contributed by atoms with E-state index in [1.165, 1.54) is 58.4 Å². The van der Waals surface area contributed by atoms with Gasteiger partial charge in [-0.3, -0.25) is 9.80 Å². The Labute approximate surface area is 148 Å². The lowest BCUT2D eigenvalue weighted by molar-refractivity contribution is -0.0214. The van der Waals surface area contributed by atoms with Crippen molar-refractivity contribution in [1.82, 2.24) is 14.7 Å². The van der Waals surface area contributed by atoms with Gasteiger partial charge in [0.05, 0.1) is 25.9 Å². The molecule has 0 N–H and O–H groups in total. The highest BCUT2D eigenvalue weighted by atomic mass is 16.5. The highest BCUT2D eigenvalue weighted by molar-refractivity contribution is 4.75. The van der Waals surface area contributed by atoms with Gasteiger partial charge in [-0.15, -0.1) is 0 Å². The maximum atomic E-state index is 5.63. The largest absolute Gasteiger partial charge is 0.379 e. The minimum atomic E-state index is 0.413. The predicted octanol–water partition coefficient (Wildman–Crippen LogP) is 1.53. The molecule has 0 aromatic rings. The quantitative estimate of drug-likeness (QED) is 0.701. The Morgan fingerprint density at radius 2 is 1.46 bits per heavy atom. The van der Waals surface area contributed by atoms with Crippen LogP contribution in [0.3, 0.4) is 0 Å². The van der Waals surface area contributed by atoms with Gasteiger partial charge in [-0.25, -0.2) is 0 Å². The number of rotatable bonds is 7. The average Bonchev–Trinajstić information content (AvgIpc) is 2.62. The highest BCUT2D eigenvalue weighted by Gasteiger charge is 2.21. The third-order valence-corrected chi connectivity index (χ3v) is 5.96. The maximum absolute atomic E-state index is 5.63. The van der Waals surface area contributed by atoms with E-state index >= 15 is 0 Å². The first-order chi connectivity index (χ1) is 11.8. The molecule has 0 aromatic carbocycles. The van der Waals surface area contributed by atoms with Crippen LogP contribution in [0.2, 0.25) is 0 Å². The van der Waals surface area contributed by atoms with E-state index in [-0.39, 0.29) is 0 Å². The van der Waals surface area contributed by atoms with Gasteiger partial charge in [0, 0.05) is 39.3 Å². The lowest BCUT2D eigenvalue weighted by atomic mass is 9.92. The van der Waals surface area contributed by atoms with Crippen LogP contribution in [0.5, 0.6) is 0 Å². The summed E-state index contributed by atoms with van der Waals surface area (Å²) < 4.78 is 11.1. The Balaban J connectivity index is 1.23. The fourth-order valence-corrected chi connectivity index (χ4v) is 4.30. The Hall–Kier alpha value is -0.200. The molecule has 0 unspecified atom stereocenters. The third-order valence-electron chi connectivity index (χ3n) is 5.96. The Morgan fingerprint density at radius 1 is 0.792 bits per heavy atom. The molecule has 3 saturated heterocycles. The number of nitrogens with zero attached hydrogens (tertiary/aromatic N) is 3. The van der Waals surface area contributed by atoms with E-state index in [4.69, 9.17) is 9.47 Å². The molecule has 140 valence electrons. The molecule has 3 aliphatic rings. The first-order valence-corrected chi connectivity index (χ1v) is 10.2. The standard InChI is InChI=1S/C19H37N3O2/c1-18-17-22(13-16-24-18)10-9-21-7-4-19(5-8-21)3-2-6-20-11-14-23-15-12-20/h18-19H,2-17H2,1H3/t18-/m0/s1. The molecule has 0 aromatic heterocycles. The second-order valence-corrected chi connectivity index (χ2v) is 7.86. The topological polar surface area (TPSA) is 28.2 Å². The van der Waals surface area contributed by atoms with Gasteiger partial charge in [-0.1, -0.05) is 0 Å². The van der Waals surface area contributed by atoms with E-state index < -0.39 is 0 Å². The zero-order valence-electron chi connectivity index (χ0n) is 15.6. The summed E-state index contributed by atoms with van der Waals surface area (Å²) >= 11 is 0. The molecular formula is C19H37N3O2. The molecule has 0 bridgehead atoms. The van der Waals surface area contributed by atoms with Gasteiger partial charge in [0.15, 0.2) is 0 Å². The smallest absolute Gasteiger partial charge is 0.0674 e. The summed E-state index contributed by atoms with van der Waals surface area (Å²) in [6, 6.07) is 0. The first kappa shape index (κ1) is 18.6. The van der Waals surface area contributed by atoms with E-state index in [1.54, 1.807) is 0 Å². The zero-order chi connectivity index (χ0) is 16.6. The van der Waals surface area contributed by atoms with E-state index in [2.05, 4.69) is 21.6 Å². The molecule has 24 heavy (non-hydrogen) atoms. The Kier molecular flexibility index (Phi) is 7.80. The monoisotopic (exact) mass is 339 g/mol. The lowest BCUT2D eigenvalue weighted by Gasteiger charge is -2.36. The van der Waals surface area contributed by atoms with Gasteiger partial charge in [0.1, 0.15) is 0 Å². The molecule has 3 fully saturated rings. The minimum Gasteiger partial charge on any atom is -0.379 e. The summed E-state index contributed by atoms with van der Waals surface area (Å²) in [7, 11) is 0. The van der Waals surface area contributed by atoms with E-state index in [1.807, 2.05) is 0 Å². The molecule has 3 heterocycles. The summed E-state index contributed by atoms with van der Waals surface area (Å²) in [4.78, 5) is 7.82. The molecule has 1 atom stereocenters. The summed E-state index contributed by atoms with van der Waals surface area (Å²) in [6.07, 6.45) is 6.02. The second-order valence-electron chi connectivity index (χ2n) is 7.86. The Morgan fingerprint density at radius 3 is 2.21 bits per heavy atom. The number of likely N-dealkylation sites (tertiary alicyclic amines) is 1. The number of hydrogen-bond acceptors (Lipinski definition) is 5. The molecule has 3 rings (SSSR count). The van der Waals surface area contributed by atoms with Crippen LogP contribution >= 0.6 is 0 Å². The zero-order valence-corrected chi connectivity index (χ0v) is 15.6. The van der Waals surface area contributed by atoms with Crippen LogP contribution in [0.1, 0.15) is 32.6 Å². The summed E-state index contributed by atoms with van der Waals surface area (Å²) in [5.41, 5.74) is 0. The molecule has 0 aliphatic carbocycles. The predicted molar refractivity (Wildman–Crippen MR) is 97.5 cm³/mol. The minimum absolute atomic E-state index is 0.413. The maximum Gasteiger partial charge on any atom is 0.0674 e. The Bertz CT molecular complexity index is 342. The van der Waals surface area contributed by atoms with Gasteiger partial charge in [-0.2, -0.15) is 0 Å². The van der Waals surface area contributed by atoms with Gasteiger partial charge in [-0.05, 0) is 58.2 Å². The van der Waals surface area contributed by atoms with Gasteiger partial charge in [0.2, 0.25) is 0 Å². The third kappa shape index (κ3) is 6.26.